The van der Waals surface area contributed by atoms with Crippen LogP contribution in [0.3, 0.4) is 0 Å². The Balaban J connectivity index is 2.94. The van der Waals surface area contributed by atoms with Crippen LogP contribution in [0.25, 0.3) is 0 Å². The van der Waals surface area contributed by atoms with E-state index in [1.54, 1.807) is 31.1 Å². The molecule has 4 nitrogen and oxygen atoms in total. The number of carbonyl (C=O) groups excluding carboxylic acids is 1. The SMILES string of the molecule is CN(C)c1ccc(N)cc1C(=O)NCC(F)(F)F. The second-order valence-electron chi connectivity index (χ2n) is 3.97. The molecule has 0 spiro atoms. The third-order valence-corrected chi connectivity index (χ3v) is 2.20. The molecule has 0 heterocycles. The lowest BCUT2D eigenvalue weighted by atomic mass is 10.1. The largest absolute Gasteiger partial charge is 0.405 e. The van der Waals surface area contributed by atoms with Crippen LogP contribution in [-0.4, -0.2) is 32.7 Å². The second kappa shape index (κ2) is 5.16. The summed E-state index contributed by atoms with van der Waals surface area (Å²) in [5.74, 6) is -0.802. The van der Waals surface area contributed by atoms with E-state index in [1.807, 2.05) is 5.32 Å². The second-order valence-corrected chi connectivity index (χ2v) is 3.97. The van der Waals surface area contributed by atoms with Crippen molar-refractivity contribution in [3.05, 3.63) is 23.8 Å². The lowest BCUT2D eigenvalue weighted by molar-refractivity contribution is -0.123. The van der Waals surface area contributed by atoms with Crippen molar-refractivity contribution in [2.45, 2.75) is 6.18 Å². The van der Waals surface area contributed by atoms with E-state index in [0.29, 0.717) is 11.4 Å². The van der Waals surface area contributed by atoms with Gasteiger partial charge in [0.05, 0.1) is 5.56 Å². The smallest absolute Gasteiger partial charge is 0.399 e. The molecule has 7 heteroatoms. The molecule has 0 atom stereocenters. The molecule has 1 aromatic rings. The van der Waals surface area contributed by atoms with Crippen LogP contribution in [0.15, 0.2) is 18.2 Å². The van der Waals surface area contributed by atoms with Gasteiger partial charge in [0, 0.05) is 25.5 Å². The fourth-order valence-electron chi connectivity index (χ4n) is 1.40. The molecule has 1 rings (SSSR count). The van der Waals surface area contributed by atoms with Crippen molar-refractivity contribution in [1.82, 2.24) is 5.32 Å². The fourth-order valence-corrected chi connectivity index (χ4v) is 1.40. The summed E-state index contributed by atoms with van der Waals surface area (Å²) in [5.41, 5.74) is 6.46. The van der Waals surface area contributed by atoms with Crippen molar-refractivity contribution in [2.75, 3.05) is 31.3 Å². The van der Waals surface area contributed by atoms with Gasteiger partial charge in [-0.1, -0.05) is 0 Å². The molecule has 0 saturated carbocycles. The molecule has 0 saturated heterocycles. The van der Waals surface area contributed by atoms with E-state index >= 15 is 0 Å². The minimum atomic E-state index is -4.44. The zero-order chi connectivity index (χ0) is 13.9. The number of benzene rings is 1. The molecule has 0 radical (unpaired) electrons. The number of nitrogens with two attached hydrogens (primary N) is 1. The molecule has 1 amide bonds. The van der Waals surface area contributed by atoms with E-state index in [-0.39, 0.29) is 5.56 Å². The highest BCUT2D eigenvalue weighted by Gasteiger charge is 2.28. The summed E-state index contributed by atoms with van der Waals surface area (Å²) in [4.78, 5) is 13.3. The monoisotopic (exact) mass is 261 g/mol. The minimum Gasteiger partial charge on any atom is -0.399 e. The van der Waals surface area contributed by atoms with Gasteiger partial charge in [-0.15, -0.1) is 0 Å². The number of amides is 1. The average molecular weight is 261 g/mol. The predicted octanol–water partition coefficient (Wildman–Crippen LogP) is 1.63. The van der Waals surface area contributed by atoms with Gasteiger partial charge in [-0.25, -0.2) is 0 Å². The van der Waals surface area contributed by atoms with Crippen molar-refractivity contribution in [2.24, 2.45) is 0 Å². The highest BCUT2D eigenvalue weighted by atomic mass is 19.4. The van der Waals surface area contributed by atoms with E-state index < -0.39 is 18.6 Å². The lowest BCUT2D eigenvalue weighted by Gasteiger charge is -2.18. The molecule has 18 heavy (non-hydrogen) atoms. The van der Waals surface area contributed by atoms with Gasteiger partial charge in [-0.3, -0.25) is 4.79 Å². The molecular formula is C11H14F3N3O. The van der Waals surface area contributed by atoms with Crippen molar-refractivity contribution < 1.29 is 18.0 Å². The molecule has 0 aliphatic rings. The van der Waals surface area contributed by atoms with Crippen molar-refractivity contribution in [3.63, 3.8) is 0 Å². The Bertz CT molecular complexity index is 444. The highest BCUT2D eigenvalue weighted by Crippen LogP contribution is 2.21. The van der Waals surface area contributed by atoms with Gasteiger partial charge in [0.25, 0.3) is 5.91 Å². The Hall–Kier alpha value is -1.92. The number of hydrogen-bond acceptors (Lipinski definition) is 3. The molecule has 0 aliphatic heterocycles. The minimum absolute atomic E-state index is 0.115. The Kier molecular flexibility index (Phi) is 4.05. The molecule has 3 N–H and O–H groups in total. The van der Waals surface area contributed by atoms with E-state index in [2.05, 4.69) is 0 Å². The zero-order valence-electron chi connectivity index (χ0n) is 10.0. The van der Waals surface area contributed by atoms with Crippen LogP contribution < -0.4 is 16.0 Å². The van der Waals surface area contributed by atoms with Crippen LogP contribution >= 0.6 is 0 Å². The maximum absolute atomic E-state index is 12.0. The number of carbonyl (C=O) groups is 1. The maximum Gasteiger partial charge on any atom is 0.405 e. The summed E-state index contributed by atoms with van der Waals surface area (Å²) < 4.78 is 36.1. The molecule has 0 bridgehead atoms. The Morgan fingerprint density at radius 1 is 1.39 bits per heavy atom. The molecule has 0 fully saturated rings. The van der Waals surface area contributed by atoms with E-state index in [4.69, 9.17) is 5.73 Å². The first-order chi connectivity index (χ1) is 8.20. The van der Waals surface area contributed by atoms with Crippen LogP contribution in [-0.2, 0) is 0 Å². The number of nitrogen functional groups attached to an aromatic ring is 1. The van der Waals surface area contributed by atoms with Gasteiger partial charge in [-0.2, -0.15) is 13.2 Å². The van der Waals surface area contributed by atoms with Crippen LogP contribution in [0.2, 0.25) is 0 Å². The van der Waals surface area contributed by atoms with Crippen molar-refractivity contribution in [1.29, 1.82) is 0 Å². The number of nitrogens with zero attached hydrogens (tertiary/aromatic N) is 1. The normalized spacial score (nSPS) is 11.2. The van der Waals surface area contributed by atoms with Crippen LogP contribution in [0.5, 0.6) is 0 Å². The van der Waals surface area contributed by atoms with E-state index in [9.17, 15) is 18.0 Å². The van der Waals surface area contributed by atoms with Gasteiger partial charge >= 0.3 is 6.18 Å². The zero-order valence-corrected chi connectivity index (χ0v) is 10.0. The Morgan fingerprint density at radius 2 is 2.00 bits per heavy atom. The standard InChI is InChI=1S/C11H14F3N3O/c1-17(2)9-4-3-7(15)5-8(9)10(18)16-6-11(12,13)14/h3-5H,6,15H2,1-2H3,(H,16,18). The molecule has 100 valence electrons. The molecule has 1 aromatic carbocycles. The number of halogens is 3. The summed E-state index contributed by atoms with van der Waals surface area (Å²) in [6.07, 6.45) is -4.44. The first-order valence-electron chi connectivity index (χ1n) is 5.12. The first-order valence-corrected chi connectivity index (χ1v) is 5.12. The molecule has 0 unspecified atom stereocenters. The summed E-state index contributed by atoms with van der Waals surface area (Å²) in [5, 5.41) is 1.82. The third-order valence-electron chi connectivity index (χ3n) is 2.20. The predicted molar refractivity (Wildman–Crippen MR) is 63.6 cm³/mol. The van der Waals surface area contributed by atoms with E-state index in [0.717, 1.165) is 0 Å². The van der Waals surface area contributed by atoms with Crippen molar-refractivity contribution >= 4 is 17.3 Å². The van der Waals surface area contributed by atoms with Gasteiger partial charge < -0.3 is 16.0 Å². The Labute approximate surface area is 103 Å². The van der Waals surface area contributed by atoms with E-state index in [1.165, 1.54) is 6.07 Å². The summed E-state index contributed by atoms with van der Waals surface area (Å²) in [6, 6.07) is 4.51. The molecular weight excluding hydrogens is 247 g/mol. The number of rotatable bonds is 3. The van der Waals surface area contributed by atoms with Gasteiger partial charge in [0.2, 0.25) is 0 Å². The maximum atomic E-state index is 12.0. The topological polar surface area (TPSA) is 58.4 Å². The number of hydrogen-bond donors (Lipinski definition) is 2. The van der Waals surface area contributed by atoms with Gasteiger partial charge in [0.15, 0.2) is 0 Å². The summed E-state index contributed by atoms with van der Waals surface area (Å²) in [6.45, 7) is -1.37. The third kappa shape index (κ3) is 3.83. The lowest BCUT2D eigenvalue weighted by Crippen LogP contribution is -2.34. The fraction of sp³-hybridized carbons (Fsp3) is 0.364. The first kappa shape index (κ1) is 14.1. The van der Waals surface area contributed by atoms with Crippen LogP contribution in [0.1, 0.15) is 10.4 Å². The number of anilines is 2. The highest BCUT2D eigenvalue weighted by molar-refractivity contribution is 6.00. The molecule has 0 aliphatic carbocycles. The summed E-state index contributed by atoms with van der Waals surface area (Å²) in [7, 11) is 3.37. The average Bonchev–Trinajstić information content (AvgIpc) is 2.24. The quantitative estimate of drug-likeness (QED) is 0.813. The number of alkyl halides is 3. The van der Waals surface area contributed by atoms with Crippen LogP contribution in [0, 0.1) is 0 Å². The molecule has 0 aromatic heterocycles. The van der Waals surface area contributed by atoms with Crippen molar-refractivity contribution in [3.8, 4) is 0 Å². The number of nitrogens with one attached hydrogen (secondary N) is 1. The summed E-state index contributed by atoms with van der Waals surface area (Å²) >= 11 is 0. The van der Waals surface area contributed by atoms with Crippen LogP contribution in [0.4, 0.5) is 24.5 Å². The van der Waals surface area contributed by atoms with Gasteiger partial charge in [-0.05, 0) is 18.2 Å². The Morgan fingerprint density at radius 3 is 2.50 bits per heavy atom. The van der Waals surface area contributed by atoms with Gasteiger partial charge in [0.1, 0.15) is 6.54 Å².